The number of ether oxygens (including phenoxy) is 1. The van der Waals surface area contributed by atoms with Gasteiger partial charge in [0.15, 0.2) is 11.6 Å². The number of benzene rings is 2. The van der Waals surface area contributed by atoms with Crippen LogP contribution in [0.3, 0.4) is 0 Å². The minimum Gasteiger partial charge on any atom is -0.423 e. The van der Waals surface area contributed by atoms with E-state index in [1.807, 2.05) is 12.1 Å². The van der Waals surface area contributed by atoms with Gasteiger partial charge in [-0.25, -0.2) is 9.97 Å². The number of aryl methyl sites for hydroxylation is 1. The molecule has 0 aliphatic carbocycles. The van der Waals surface area contributed by atoms with Gasteiger partial charge in [-0.3, -0.25) is 4.79 Å². The van der Waals surface area contributed by atoms with E-state index >= 15 is 0 Å². The Labute approximate surface area is 211 Å². The molecule has 4 heteroatoms. The molecule has 0 unspecified atom stereocenters. The predicted octanol–water partition coefficient (Wildman–Crippen LogP) is 8.45. The van der Waals surface area contributed by atoms with Gasteiger partial charge in [-0.1, -0.05) is 108 Å². The van der Waals surface area contributed by atoms with Crippen LogP contribution >= 0.6 is 0 Å². The first kappa shape index (κ1) is 26.6. The maximum Gasteiger partial charge on any atom is 0.311 e. The summed E-state index contributed by atoms with van der Waals surface area (Å²) in [5, 5.41) is 0. The molecule has 35 heavy (non-hydrogen) atoms. The quantitative estimate of drug-likeness (QED) is 0.174. The van der Waals surface area contributed by atoms with Crippen LogP contribution in [-0.2, 0) is 11.2 Å². The molecule has 0 N–H and O–H groups in total. The number of hydrogen-bond acceptors (Lipinski definition) is 4. The van der Waals surface area contributed by atoms with Crippen molar-refractivity contribution < 1.29 is 9.53 Å². The summed E-state index contributed by atoms with van der Waals surface area (Å²) >= 11 is 0. The second-order valence-corrected chi connectivity index (χ2v) is 9.56. The van der Waals surface area contributed by atoms with Crippen LogP contribution in [0.4, 0.5) is 0 Å². The Morgan fingerprint density at radius 3 is 2.06 bits per heavy atom. The molecule has 4 nitrogen and oxygen atoms in total. The van der Waals surface area contributed by atoms with Gasteiger partial charge >= 0.3 is 5.97 Å². The number of unbranched alkanes of at least 4 members (excludes halogenated alkanes) is 4. The lowest BCUT2D eigenvalue weighted by atomic mass is 10.00. The van der Waals surface area contributed by atoms with Gasteiger partial charge in [-0.15, -0.1) is 0 Å². The van der Waals surface area contributed by atoms with E-state index in [1.165, 1.54) is 48.8 Å². The first-order chi connectivity index (χ1) is 17.1. The Morgan fingerprint density at radius 2 is 1.43 bits per heavy atom. The van der Waals surface area contributed by atoms with Crippen LogP contribution < -0.4 is 4.74 Å². The van der Waals surface area contributed by atoms with Gasteiger partial charge in [0.1, 0.15) is 0 Å². The normalized spacial score (nSPS) is 11.9. The lowest BCUT2D eigenvalue weighted by molar-refractivity contribution is -0.134. The highest BCUT2D eigenvalue weighted by Crippen LogP contribution is 2.24. The fourth-order valence-corrected chi connectivity index (χ4v) is 4.10. The van der Waals surface area contributed by atoms with Crippen LogP contribution in [0.5, 0.6) is 5.75 Å². The van der Waals surface area contributed by atoms with Gasteiger partial charge < -0.3 is 4.74 Å². The molecule has 0 saturated heterocycles. The summed E-state index contributed by atoms with van der Waals surface area (Å²) < 4.78 is 5.40. The second-order valence-electron chi connectivity index (χ2n) is 9.56. The minimum atomic E-state index is -0.221. The number of rotatable bonds is 14. The molecule has 0 spiro atoms. The fraction of sp³-hybridized carbons (Fsp3) is 0.452. The van der Waals surface area contributed by atoms with E-state index in [4.69, 9.17) is 4.74 Å². The monoisotopic (exact) mass is 472 g/mol. The van der Waals surface area contributed by atoms with Crippen LogP contribution in [0.15, 0.2) is 60.9 Å². The van der Waals surface area contributed by atoms with E-state index < -0.39 is 0 Å². The molecule has 0 saturated carbocycles. The molecule has 0 amide bonds. The average molecular weight is 473 g/mol. The van der Waals surface area contributed by atoms with Crippen molar-refractivity contribution in [2.75, 3.05) is 0 Å². The van der Waals surface area contributed by atoms with Gasteiger partial charge in [0.25, 0.3) is 0 Å². The largest absolute Gasteiger partial charge is 0.423 e. The molecule has 3 aromatic rings. The molecular formula is C31H40N2O2. The number of aromatic nitrogens is 2. The maximum atomic E-state index is 12.1. The van der Waals surface area contributed by atoms with Crippen LogP contribution in [0.2, 0.25) is 0 Å². The highest BCUT2D eigenvalue weighted by atomic mass is 16.5. The van der Waals surface area contributed by atoms with Crippen molar-refractivity contribution in [3.05, 3.63) is 66.5 Å². The van der Waals surface area contributed by atoms with Gasteiger partial charge in [0, 0.05) is 12.0 Å². The van der Waals surface area contributed by atoms with Crippen molar-refractivity contribution in [1.82, 2.24) is 9.97 Å². The summed E-state index contributed by atoms with van der Waals surface area (Å²) in [4.78, 5) is 20.9. The van der Waals surface area contributed by atoms with Gasteiger partial charge in [0.05, 0.1) is 12.4 Å². The zero-order valence-electron chi connectivity index (χ0n) is 21.6. The predicted molar refractivity (Wildman–Crippen MR) is 144 cm³/mol. The van der Waals surface area contributed by atoms with E-state index in [-0.39, 0.29) is 5.97 Å². The van der Waals surface area contributed by atoms with Gasteiger partial charge in [0.2, 0.25) is 0 Å². The zero-order valence-corrected chi connectivity index (χ0v) is 21.6. The molecule has 1 heterocycles. The van der Waals surface area contributed by atoms with Crippen molar-refractivity contribution in [2.24, 2.45) is 5.92 Å². The fourth-order valence-electron chi connectivity index (χ4n) is 4.10. The molecule has 0 aliphatic heterocycles. The molecule has 0 fully saturated rings. The third-order valence-corrected chi connectivity index (χ3v) is 6.63. The highest BCUT2D eigenvalue weighted by molar-refractivity contribution is 5.72. The Morgan fingerprint density at radius 1 is 0.800 bits per heavy atom. The number of esters is 1. The van der Waals surface area contributed by atoms with Crippen molar-refractivity contribution in [1.29, 1.82) is 0 Å². The molecule has 0 bridgehead atoms. The summed E-state index contributed by atoms with van der Waals surface area (Å²) in [5.74, 6) is 1.51. The summed E-state index contributed by atoms with van der Waals surface area (Å²) in [7, 11) is 0. The van der Waals surface area contributed by atoms with Gasteiger partial charge in [-0.05, 0) is 41.9 Å². The molecule has 1 atom stereocenters. The average Bonchev–Trinajstić information content (AvgIpc) is 2.90. The smallest absolute Gasteiger partial charge is 0.311 e. The van der Waals surface area contributed by atoms with Crippen molar-refractivity contribution in [3.8, 4) is 28.3 Å². The van der Waals surface area contributed by atoms with E-state index in [1.54, 1.807) is 12.4 Å². The number of hydrogen-bond donors (Lipinski definition) is 0. The zero-order chi connectivity index (χ0) is 24.9. The van der Waals surface area contributed by atoms with E-state index in [0.29, 0.717) is 23.9 Å². The lowest BCUT2D eigenvalue weighted by Gasteiger charge is -2.08. The molecule has 1 aromatic heterocycles. The summed E-state index contributed by atoms with van der Waals surface area (Å²) in [5.41, 5.74) is 4.72. The highest BCUT2D eigenvalue weighted by Gasteiger charge is 2.08. The van der Waals surface area contributed by atoms with Crippen molar-refractivity contribution in [3.63, 3.8) is 0 Å². The lowest BCUT2D eigenvalue weighted by Crippen LogP contribution is -2.08. The topological polar surface area (TPSA) is 52.1 Å². The van der Waals surface area contributed by atoms with E-state index in [0.717, 1.165) is 31.2 Å². The second kappa shape index (κ2) is 14.4. The van der Waals surface area contributed by atoms with Crippen LogP contribution in [0, 0.1) is 5.92 Å². The van der Waals surface area contributed by atoms with E-state index in [9.17, 15) is 4.79 Å². The van der Waals surface area contributed by atoms with Crippen LogP contribution in [0.1, 0.15) is 84.1 Å². The summed E-state index contributed by atoms with van der Waals surface area (Å²) in [6.45, 7) is 6.69. The van der Waals surface area contributed by atoms with Gasteiger partial charge in [-0.2, -0.15) is 0 Å². The van der Waals surface area contributed by atoms with Crippen molar-refractivity contribution in [2.45, 2.75) is 85.0 Å². The first-order valence-corrected chi connectivity index (χ1v) is 13.3. The van der Waals surface area contributed by atoms with Crippen LogP contribution in [0.25, 0.3) is 22.5 Å². The summed E-state index contributed by atoms with van der Waals surface area (Å²) in [6.07, 6.45) is 14.2. The van der Waals surface area contributed by atoms with Crippen molar-refractivity contribution >= 4 is 5.97 Å². The standard InChI is InChI=1S/C31H40N2O2/c1-4-6-7-8-12-25-14-16-26(17-15-25)27-18-20-28(21-19-27)31-32-22-29(23-33-31)35-30(34)13-10-9-11-24(3)5-2/h14-24H,4-13H2,1-3H3/t24-/m0/s1. The molecule has 186 valence electrons. The number of carbonyl (C=O) groups excluding carboxylic acids is 1. The Balaban J connectivity index is 1.50. The van der Waals surface area contributed by atoms with Crippen LogP contribution in [-0.4, -0.2) is 15.9 Å². The molecule has 0 radical (unpaired) electrons. The molecule has 2 aromatic carbocycles. The first-order valence-electron chi connectivity index (χ1n) is 13.3. The Kier molecular flexibility index (Phi) is 10.9. The minimum absolute atomic E-state index is 0.221. The Bertz CT molecular complexity index is 1010. The number of nitrogens with zero attached hydrogens (tertiary/aromatic N) is 2. The third-order valence-electron chi connectivity index (χ3n) is 6.63. The SMILES string of the molecule is CCCCCCc1ccc(-c2ccc(-c3ncc(OC(=O)CCCC[C@@H](C)CC)cn3)cc2)cc1. The van der Waals surface area contributed by atoms with E-state index in [2.05, 4.69) is 67.1 Å². The number of carbonyl (C=O) groups is 1. The Hall–Kier alpha value is -3.01. The third kappa shape index (κ3) is 8.93. The molecular weight excluding hydrogens is 432 g/mol. The summed E-state index contributed by atoms with van der Waals surface area (Å²) in [6, 6.07) is 17.2. The molecule has 0 aliphatic rings. The maximum absolute atomic E-state index is 12.1. The molecule has 3 rings (SSSR count).